The molecule has 6 heteroatoms. The number of hydrogen-bond donors (Lipinski definition) is 3. The highest BCUT2D eigenvalue weighted by atomic mass is 16.5. The van der Waals surface area contributed by atoms with Crippen molar-refractivity contribution in [3.63, 3.8) is 0 Å². The van der Waals surface area contributed by atoms with Gasteiger partial charge in [0.15, 0.2) is 0 Å². The van der Waals surface area contributed by atoms with Crippen molar-refractivity contribution in [2.75, 3.05) is 6.54 Å². The fraction of sp³-hybridized carbons (Fsp3) is 0.538. The molecule has 32 heavy (non-hydrogen) atoms. The zero-order valence-corrected chi connectivity index (χ0v) is 19.6. The fourth-order valence-electron chi connectivity index (χ4n) is 4.30. The van der Waals surface area contributed by atoms with Gasteiger partial charge in [-0.05, 0) is 38.7 Å². The zero-order valence-electron chi connectivity index (χ0n) is 19.6. The van der Waals surface area contributed by atoms with E-state index in [-0.39, 0.29) is 17.7 Å². The number of carbonyl (C=O) groups excluding carboxylic acids is 2. The number of ether oxygens (including phenoxy) is 1. The van der Waals surface area contributed by atoms with Crippen LogP contribution in [0.2, 0.25) is 0 Å². The predicted molar refractivity (Wildman–Crippen MR) is 127 cm³/mol. The van der Waals surface area contributed by atoms with E-state index in [9.17, 15) is 9.59 Å². The van der Waals surface area contributed by atoms with Crippen LogP contribution in [0.5, 0.6) is 5.75 Å². The van der Waals surface area contributed by atoms with E-state index < -0.39 is 6.04 Å². The summed E-state index contributed by atoms with van der Waals surface area (Å²) in [7, 11) is 0. The molecule has 0 radical (unpaired) electrons. The summed E-state index contributed by atoms with van der Waals surface area (Å²) in [4.78, 5) is 25.7. The Balaban J connectivity index is 0.00000141. The molecular weight excluding hydrogens is 402 g/mol. The smallest absolute Gasteiger partial charge is 0.251 e. The molecule has 1 aliphatic heterocycles. The number of rotatable bonds is 8. The van der Waals surface area contributed by atoms with Crippen LogP contribution in [-0.2, 0) is 9.59 Å². The van der Waals surface area contributed by atoms with Crippen LogP contribution in [-0.4, -0.2) is 24.4 Å². The molecule has 6 nitrogen and oxygen atoms in total. The van der Waals surface area contributed by atoms with Gasteiger partial charge in [-0.2, -0.15) is 0 Å². The van der Waals surface area contributed by atoms with Gasteiger partial charge < -0.3 is 20.7 Å². The molecule has 2 aliphatic carbocycles. The summed E-state index contributed by atoms with van der Waals surface area (Å²) in [6, 6.07) is 7.43. The Labute approximate surface area is 191 Å². The van der Waals surface area contributed by atoms with Crippen molar-refractivity contribution in [3.05, 3.63) is 53.4 Å². The molecule has 1 atom stereocenters. The SMILES string of the molecule is C/C=C\Oc1ccccc1C(NC(=O)C1CC1)C1=C(NC2CCCCC2)CNC1=O.CC. The minimum absolute atomic E-state index is 0.00468. The number of amides is 2. The van der Waals surface area contributed by atoms with Crippen molar-refractivity contribution in [2.45, 2.75) is 77.8 Å². The summed E-state index contributed by atoms with van der Waals surface area (Å²) in [6.45, 7) is 6.35. The fourth-order valence-corrected chi connectivity index (χ4v) is 4.30. The summed E-state index contributed by atoms with van der Waals surface area (Å²) in [6.07, 6.45) is 11.2. The molecule has 0 aromatic heterocycles. The lowest BCUT2D eigenvalue weighted by Crippen LogP contribution is -2.36. The maximum atomic E-state index is 12.9. The number of carbonyl (C=O) groups is 2. The van der Waals surface area contributed by atoms with Crippen LogP contribution in [0.25, 0.3) is 0 Å². The lowest BCUT2D eigenvalue weighted by molar-refractivity contribution is -0.123. The van der Waals surface area contributed by atoms with Crippen molar-refractivity contribution < 1.29 is 14.3 Å². The zero-order chi connectivity index (χ0) is 22.9. The Morgan fingerprint density at radius 2 is 1.84 bits per heavy atom. The molecule has 0 saturated heterocycles. The first-order valence-electron chi connectivity index (χ1n) is 12.1. The summed E-state index contributed by atoms with van der Waals surface area (Å²) in [5, 5.41) is 9.73. The Kier molecular flexibility index (Phi) is 8.77. The van der Waals surface area contributed by atoms with Crippen molar-refractivity contribution in [2.24, 2.45) is 5.92 Å². The molecule has 174 valence electrons. The second-order valence-corrected chi connectivity index (χ2v) is 8.40. The average Bonchev–Trinajstić information content (AvgIpc) is 3.63. The van der Waals surface area contributed by atoms with E-state index in [2.05, 4.69) is 16.0 Å². The predicted octanol–water partition coefficient (Wildman–Crippen LogP) is 4.50. The molecule has 1 aromatic carbocycles. The van der Waals surface area contributed by atoms with Gasteiger partial charge in [-0.1, -0.05) is 57.4 Å². The van der Waals surface area contributed by atoms with Crippen LogP contribution in [0.1, 0.15) is 77.3 Å². The van der Waals surface area contributed by atoms with Gasteiger partial charge in [-0.15, -0.1) is 0 Å². The second-order valence-electron chi connectivity index (χ2n) is 8.40. The third-order valence-corrected chi connectivity index (χ3v) is 6.06. The minimum atomic E-state index is -0.548. The van der Waals surface area contributed by atoms with Gasteiger partial charge in [0, 0.05) is 23.2 Å². The highest BCUT2D eigenvalue weighted by Gasteiger charge is 2.37. The topological polar surface area (TPSA) is 79.5 Å². The van der Waals surface area contributed by atoms with Crippen molar-refractivity contribution in [1.29, 1.82) is 0 Å². The molecule has 1 unspecified atom stereocenters. The molecule has 3 N–H and O–H groups in total. The van der Waals surface area contributed by atoms with Crippen molar-refractivity contribution >= 4 is 11.8 Å². The van der Waals surface area contributed by atoms with Crippen LogP contribution < -0.4 is 20.7 Å². The van der Waals surface area contributed by atoms with Gasteiger partial charge in [0.05, 0.1) is 24.4 Å². The monoisotopic (exact) mass is 439 g/mol. The van der Waals surface area contributed by atoms with Crippen LogP contribution in [0.15, 0.2) is 47.9 Å². The number of para-hydroxylation sites is 1. The third kappa shape index (κ3) is 5.93. The molecule has 2 saturated carbocycles. The van der Waals surface area contributed by atoms with E-state index in [0.29, 0.717) is 23.9 Å². The van der Waals surface area contributed by atoms with Gasteiger partial charge in [-0.25, -0.2) is 0 Å². The first kappa shape index (κ1) is 23.9. The molecule has 4 rings (SSSR count). The highest BCUT2D eigenvalue weighted by molar-refractivity contribution is 5.99. The lowest BCUT2D eigenvalue weighted by atomic mass is 9.93. The maximum Gasteiger partial charge on any atom is 0.251 e. The Hall–Kier alpha value is -2.76. The molecule has 1 aromatic rings. The molecule has 2 fully saturated rings. The van der Waals surface area contributed by atoms with Gasteiger partial charge in [0.25, 0.3) is 5.91 Å². The van der Waals surface area contributed by atoms with Crippen molar-refractivity contribution in [1.82, 2.24) is 16.0 Å². The molecule has 0 spiro atoms. The lowest BCUT2D eigenvalue weighted by Gasteiger charge is -2.27. The molecule has 2 amide bonds. The van der Waals surface area contributed by atoms with Crippen LogP contribution in [0, 0.1) is 5.92 Å². The summed E-state index contributed by atoms with van der Waals surface area (Å²) in [5.41, 5.74) is 2.29. The van der Waals surface area contributed by atoms with Crippen molar-refractivity contribution in [3.8, 4) is 5.75 Å². The highest BCUT2D eigenvalue weighted by Crippen LogP contribution is 2.36. The van der Waals surface area contributed by atoms with Gasteiger partial charge in [-0.3, -0.25) is 9.59 Å². The standard InChI is InChI=1S/C24H31N3O3.C2H6/c1-2-14-30-20-11-7-6-10-18(20)22(27-23(28)16-12-13-16)21-19(15-25-24(21)29)26-17-8-4-3-5-9-17;1-2/h2,6-7,10-11,14,16-17,22,26H,3-5,8-9,12-13,15H2,1H3,(H,25,29)(H,27,28);1-2H3/b14-2-;. The molecule has 1 heterocycles. The van der Waals surface area contributed by atoms with E-state index in [1.54, 1.807) is 6.26 Å². The number of benzene rings is 1. The largest absolute Gasteiger partial charge is 0.465 e. The van der Waals surface area contributed by atoms with E-state index in [4.69, 9.17) is 4.74 Å². The summed E-state index contributed by atoms with van der Waals surface area (Å²) in [5.74, 6) is 0.567. The first-order chi connectivity index (χ1) is 15.7. The minimum Gasteiger partial charge on any atom is -0.465 e. The third-order valence-electron chi connectivity index (χ3n) is 6.06. The van der Waals surface area contributed by atoms with E-state index in [1.165, 1.54) is 19.3 Å². The summed E-state index contributed by atoms with van der Waals surface area (Å²) < 4.78 is 5.80. The Morgan fingerprint density at radius 3 is 2.53 bits per heavy atom. The van der Waals surface area contributed by atoms with Crippen LogP contribution >= 0.6 is 0 Å². The summed E-state index contributed by atoms with van der Waals surface area (Å²) >= 11 is 0. The average molecular weight is 440 g/mol. The molecule has 0 bridgehead atoms. The molecular formula is C26H37N3O3. The van der Waals surface area contributed by atoms with E-state index in [0.717, 1.165) is 36.9 Å². The van der Waals surface area contributed by atoms with Crippen LogP contribution in [0.3, 0.4) is 0 Å². The van der Waals surface area contributed by atoms with Gasteiger partial charge in [0.1, 0.15) is 5.75 Å². The maximum absolute atomic E-state index is 12.9. The quantitative estimate of drug-likeness (QED) is 0.521. The van der Waals surface area contributed by atoms with Crippen LogP contribution in [0.4, 0.5) is 0 Å². The second kappa shape index (κ2) is 11.7. The molecule has 3 aliphatic rings. The number of nitrogens with one attached hydrogen (secondary N) is 3. The normalized spacial score (nSPS) is 19.8. The van der Waals surface area contributed by atoms with Gasteiger partial charge in [0.2, 0.25) is 5.91 Å². The Morgan fingerprint density at radius 1 is 1.12 bits per heavy atom. The van der Waals surface area contributed by atoms with Gasteiger partial charge >= 0.3 is 0 Å². The Bertz CT molecular complexity index is 852. The number of allylic oxidation sites excluding steroid dienone is 1. The first-order valence-corrected chi connectivity index (χ1v) is 12.1. The van der Waals surface area contributed by atoms with E-state index >= 15 is 0 Å². The number of hydrogen-bond acceptors (Lipinski definition) is 4. The van der Waals surface area contributed by atoms with E-state index in [1.807, 2.05) is 51.1 Å².